The smallest absolute Gasteiger partial charge is 0.332 e. The molecule has 0 aliphatic carbocycles. The quantitative estimate of drug-likeness (QED) is 0.402. The molecule has 3 heterocycles. The summed E-state index contributed by atoms with van der Waals surface area (Å²) in [5.41, 5.74) is -0.303. The number of sulfone groups is 1. The molecular weight excluding hydrogens is 508 g/mol. The third-order valence-electron chi connectivity index (χ3n) is 6.62. The van der Waals surface area contributed by atoms with Gasteiger partial charge in [0.1, 0.15) is 0 Å². The number of hydrogen-bond donors (Lipinski definition) is 1. The highest BCUT2D eigenvalue weighted by Gasteiger charge is 2.22. The average Bonchev–Trinajstić information content (AvgIpc) is 3.26. The topological polar surface area (TPSA) is 123 Å². The van der Waals surface area contributed by atoms with Crippen LogP contribution in [0.25, 0.3) is 11.2 Å². The van der Waals surface area contributed by atoms with Gasteiger partial charge in [-0.1, -0.05) is 11.6 Å². The number of aryl methyl sites for hydroxylation is 1. The summed E-state index contributed by atoms with van der Waals surface area (Å²) in [6.45, 7) is 4.38. The molecule has 1 atom stereocenters. The van der Waals surface area contributed by atoms with Crippen molar-refractivity contribution in [2.24, 2.45) is 14.1 Å². The molecule has 11 nitrogen and oxygen atoms in total. The van der Waals surface area contributed by atoms with Gasteiger partial charge < -0.3 is 14.6 Å². The normalized spacial score (nSPS) is 16.6. The molecule has 1 aromatic carbocycles. The third-order valence-corrected chi connectivity index (χ3v) is 8.69. The first kappa shape index (κ1) is 26.6. The average molecular weight is 539 g/mol. The Hall–Kier alpha value is -2.51. The summed E-state index contributed by atoms with van der Waals surface area (Å²) in [4.78, 5) is 33.5. The molecule has 0 spiro atoms. The van der Waals surface area contributed by atoms with Crippen LogP contribution >= 0.6 is 11.6 Å². The zero-order valence-corrected chi connectivity index (χ0v) is 22.0. The Morgan fingerprint density at radius 3 is 2.31 bits per heavy atom. The molecule has 1 N–H and O–H groups in total. The first-order chi connectivity index (χ1) is 17.1. The van der Waals surface area contributed by atoms with Crippen LogP contribution < -0.4 is 11.2 Å². The van der Waals surface area contributed by atoms with E-state index in [4.69, 9.17) is 11.6 Å². The van der Waals surface area contributed by atoms with Crippen LogP contribution in [0.1, 0.15) is 6.42 Å². The van der Waals surface area contributed by atoms with Gasteiger partial charge in [-0.15, -0.1) is 0 Å². The fourth-order valence-corrected chi connectivity index (χ4v) is 5.97. The van der Waals surface area contributed by atoms with Crippen LogP contribution in [0.15, 0.2) is 45.1 Å². The molecule has 3 aromatic rings. The number of β-amino-alcohol motifs (C(OH)–C–C–N with tert-alkyl or cyclic N) is 1. The molecule has 4 rings (SSSR count). The molecule has 1 unspecified atom stereocenters. The number of aliphatic hydroxyl groups is 1. The molecule has 1 saturated heterocycles. The molecule has 0 saturated carbocycles. The number of aliphatic hydroxyl groups excluding tert-OH is 1. The van der Waals surface area contributed by atoms with Crippen LogP contribution in [0, 0.1) is 0 Å². The third kappa shape index (κ3) is 5.73. The van der Waals surface area contributed by atoms with E-state index in [9.17, 15) is 23.1 Å². The van der Waals surface area contributed by atoms with Crippen molar-refractivity contribution in [2.75, 3.05) is 45.0 Å². The lowest BCUT2D eigenvalue weighted by Gasteiger charge is -2.35. The lowest BCUT2D eigenvalue weighted by Crippen LogP contribution is -2.49. The predicted molar refractivity (Wildman–Crippen MR) is 137 cm³/mol. The van der Waals surface area contributed by atoms with Gasteiger partial charge in [0.25, 0.3) is 5.56 Å². The lowest BCUT2D eigenvalue weighted by atomic mass is 10.2. The second-order valence-electron chi connectivity index (χ2n) is 9.20. The molecule has 13 heteroatoms. The van der Waals surface area contributed by atoms with Gasteiger partial charge in [0.05, 0.1) is 29.6 Å². The van der Waals surface area contributed by atoms with Gasteiger partial charge in [-0.3, -0.25) is 18.8 Å². The maximum Gasteiger partial charge on any atom is 0.332 e. The fraction of sp³-hybridized carbons (Fsp3) is 0.522. The highest BCUT2D eigenvalue weighted by atomic mass is 35.5. The minimum atomic E-state index is -3.33. The van der Waals surface area contributed by atoms with E-state index in [1.54, 1.807) is 23.7 Å². The minimum Gasteiger partial charge on any atom is -0.390 e. The summed E-state index contributed by atoms with van der Waals surface area (Å²) in [6, 6.07) is 6.24. The molecule has 2 aromatic heterocycles. The van der Waals surface area contributed by atoms with Crippen molar-refractivity contribution in [3.05, 3.63) is 56.5 Å². The Morgan fingerprint density at radius 2 is 1.64 bits per heavy atom. The van der Waals surface area contributed by atoms with Gasteiger partial charge in [-0.2, -0.15) is 0 Å². The maximum atomic E-state index is 12.6. The monoisotopic (exact) mass is 538 g/mol. The van der Waals surface area contributed by atoms with Gasteiger partial charge in [-0.05, 0) is 37.2 Å². The minimum absolute atomic E-state index is 0.0808. The highest BCUT2D eigenvalue weighted by molar-refractivity contribution is 7.91. The van der Waals surface area contributed by atoms with Gasteiger partial charge in [0.2, 0.25) is 0 Å². The zero-order valence-electron chi connectivity index (χ0n) is 20.4. The van der Waals surface area contributed by atoms with Gasteiger partial charge in [-0.25, -0.2) is 18.2 Å². The fourth-order valence-electron chi connectivity index (χ4n) is 4.55. The van der Waals surface area contributed by atoms with Crippen LogP contribution in [-0.2, 0) is 30.5 Å². The summed E-state index contributed by atoms with van der Waals surface area (Å²) >= 11 is 5.84. The van der Waals surface area contributed by atoms with Crippen molar-refractivity contribution in [1.29, 1.82) is 0 Å². The number of fused-ring (bicyclic) bond motifs is 1. The first-order valence-corrected chi connectivity index (χ1v) is 13.8. The van der Waals surface area contributed by atoms with E-state index in [-0.39, 0.29) is 22.7 Å². The molecule has 0 radical (unpaired) electrons. The van der Waals surface area contributed by atoms with E-state index >= 15 is 0 Å². The van der Waals surface area contributed by atoms with Crippen LogP contribution in [0.2, 0.25) is 5.02 Å². The highest BCUT2D eigenvalue weighted by Crippen LogP contribution is 2.16. The second-order valence-corrected chi connectivity index (χ2v) is 11.7. The van der Waals surface area contributed by atoms with Crippen molar-refractivity contribution in [2.45, 2.75) is 24.0 Å². The molecule has 0 amide bonds. The SMILES string of the molecule is Cn1c(=O)c2c(ncn2CC(O)CN2CCN(CCCS(=O)(=O)c3ccc(Cl)cc3)CC2)n(C)c1=O. The van der Waals surface area contributed by atoms with E-state index in [0.717, 1.165) is 30.7 Å². The Balaban J connectivity index is 1.25. The predicted octanol–water partition coefficient (Wildman–Crippen LogP) is -0.0704. The zero-order chi connectivity index (χ0) is 26.0. The van der Waals surface area contributed by atoms with Crippen molar-refractivity contribution < 1.29 is 13.5 Å². The summed E-state index contributed by atoms with van der Waals surface area (Å²) < 4.78 is 29.0. The van der Waals surface area contributed by atoms with Crippen LogP contribution in [0.4, 0.5) is 0 Å². The van der Waals surface area contributed by atoms with Gasteiger partial charge >= 0.3 is 5.69 Å². The summed E-state index contributed by atoms with van der Waals surface area (Å²) in [6.07, 6.45) is 1.30. The second kappa shape index (κ2) is 10.9. The van der Waals surface area contributed by atoms with E-state index in [1.165, 1.54) is 30.1 Å². The van der Waals surface area contributed by atoms with E-state index in [0.29, 0.717) is 30.2 Å². The number of nitrogens with zero attached hydrogens (tertiary/aromatic N) is 6. The Bertz CT molecular complexity index is 1440. The summed E-state index contributed by atoms with van der Waals surface area (Å²) in [7, 11) is -0.354. The molecule has 0 bridgehead atoms. The number of aromatic nitrogens is 4. The first-order valence-electron chi connectivity index (χ1n) is 11.8. The van der Waals surface area contributed by atoms with Gasteiger partial charge in [0, 0.05) is 51.8 Å². The number of benzene rings is 1. The number of halogens is 1. The van der Waals surface area contributed by atoms with Crippen LogP contribution in [0.3, 0.4) is 0 Å². The number of rotatable bonds is 9. The number of imidazole rings is 1. The van der Waals surface area contributed by atoms with Crippen molar-refractivity contribution in [3.63, 3.8) is 0 Å². The lowest BCUT2D eigenvalue weighted by molar-refractivity contribution is 0.0650. The molecule has 196 valence electrons. The maximum absolute atomic E-state index is 12.6. The molecule has 1 aliphatic heterocycles. The standard InChI is InChI=1S/C23H31ClN6O5S/c1-26-21-20(22(32)27(2)23(26)33)30(16-25-21)15-18(31)14-29-11-9-28(10-12-29)8-3-13-36(34,35)19-6-4-17(24)5-7-19/h4-7,16,18,31H,3,8-15H2,1-2H3. The molecule has 36 heavy (non-hydrogen) atoms. The summed E-state index contributed by atoms with van der Waals surface area (Å²) in [5.74, 6) is 0.0808. The van der Waals surface area contributed by atoms with E-state index < -0.39 is 27.2 Å². The van der Waals surface area contributed by atoms with E-state index in [2.05, 4.69) is 14.8 Å². The van der Waals surface area contributed by atoms with Gasteiger partial charge in [0.15, 0.2) is 21.0 Å². The Labute approximate surface area is 214 Å². The number of piperazine rings is 1. The van der Waals surface area contributed by atoms with Crippen molar-refractivity contribution >= 4 is 32.6 Å². The molecular formula is C23H31ClN6O5S. The largest absolute Gasteiger partial charge is 0.390 e. The summed E-state index contributed by atoms with van der Waals surface area (Å²) in [5, 5.41) is 11.2. The van der Waals surface area contributed by atoms with E-state index in [1.807, 2.05) is 0 Å². The van der Waals surface area contributed by atoms with Crippen LogP contribution in [0.5, 0.6) is 0 Å². The Morgan fingerprint density at radius 1 is 1.00 bits per heavy atom. The molecule has 1 aliphatic rings. The van der Waals surface area contributed by atoms with Crippen LogP contribution in [-0.4, -0.2) is 93.1 Å². The number of hydrogen-bond acceptors (Lipinski definition) is 8. The van der Waals surface area contributed by atoms with Crippen molar-refractivity contribution in [1.82, 2.24) is 28.5 Å². The van der Waals surface area contributed by atoms with Crippen molar-refractivity contribution in [3.8, 4) is 0 Å². The molecule has 1 fully saturated rings. The Kier molecular flexibility index (Phi) is 8.00.